The molecule has 1 aromatic heterocycles. The van der Waals surface area contributed by atoms with Crippen LogP contribution < -0.4 is 21.5 Å². The molecule has 0 aliphatic heterocycles. The number of amidine groups is 1. The molecule has 2 amide bonds. The second kappa shape index (κ2) is 10.8. The van der Waals surface area contributed by atoms with E-state index in [4.69, 9.17) is 26.0 Å². The maximum atomic E-state index is 12.3. The van der Waals surface area contributed by atoms with Gasteiger partial charge in [0, 0.05) is 24.3 Å². The minimum Gasteiger partial charge on any atom is -0.480 e. The third-order valence-corrected chi connectivity index (χ3v) is 4.49. The Morgan fingerprint density at radius 2 is 1.78 bits per heavy atom. The van der Waals surface area contributed by atoms with Crippen molar-refractivity contribution >= 4 is 29.6 Å². The van der Waals surface area contributed by atoms with Gasteiger partial charge in [-0.25, -0.2) is 9.59 Å². The Bertz CT molecular complexity index is 1010. The molecule has 1 aromatic carbocycles. The molecule has 2 rings (SSSR count). The van der Waals surface area contributed by atoms with Crippen LogP contribution in [0, 0.1) is 11.3 Å². The van der Waals surface area contributed by atoms with Gasteiger partial charge < -0.3 is 31.0 Å². The molecule has 0 saturated heterocycles. The van der Waals surface area contributed by atoms with E-state index >= 15 is 0 Å². The fourth-order valence-corrected chi connectivity index (χ4v) is 2.71. The predicted molar refractivity (Wildman–Crippen MR) is 112 cm³/mol. The number of hydrogen-bond acceptors (Lipinski definition) is 7. The number of ether oxygens (including phenoxy) is 1. The number of benzene rings is 1. The van der Waals surface area contributed by atoms with E-state index in [2.05, 4.69) is 5.32 Å². The molecule has 2 aromatic rings. The van der Waals surface area contributed by atoms with E-state index in [1.165, 1.54) is 36.4 Å². The quantitative estimate of drug-likeness (QED) is 0.145. The van der Waals surface area contributed by atoms with Crippen molar-refractivity contribution in [2.45, 2.75) is 32.2 Å². The van der Waals surface area contributed by atoms with Gasteiger partial charge in [0.2, 0.25) is 17.6 Å². The molecule has 0 spiro atoms. The lowest BCUT2D eigenvalue weighted by Crippen LogP contribution is -2.44. The normalized spacial score (nSPS) is 12.4. The highest BCUT2D eigenvalue weighted by atomic mass is 16.5. The molecule has 0 aliphatic rings. The first-order valence-corrected chi connectivity index (χ1v) is 9.63. The largest absolute Gasteiger partial charge is 0.480 e. The molecule has 32 heavy (non-hydrogen) atoms. The van der Waals surface area contributed by atoms with Crippen LogP contribution in [0.4, 0.5) is 0 Å². The van der Waals surface area contributed by atoms with Gasteiger partial charge >= 0.3 is 11.9 Å². The number of nitrogens with two attached hydrogens (primary N) is 2. The van der Waals surface area contributed by atoms with Crippen molar-refractivity contribution < 1.29 is 33.4 Å². The summed E-state index contributed by atoms with van der Waals surface area (Å²) in [6.07, 6.45) is -0.186. The van der Waals surface area contributed by atoms with E-state index in [0.29, 0.717) is 11.3 Å². The van der Waals surface area contributed by atoms with E-state index < -0.39 is 35.7 Å². The Balaban J connectivity index is 1.93. The van der Waals surface area contributed by atoms with Crippen LogP contribution in [0.1, 0.15) is 41.6 Å². The fourth-order valence-electron chi connectivity index (χ4n) is 2.71. The number of hydrogen-bond donors (Lipinski definition) is 5. The first-order valence-electron chi connectivity index (χ1n) is 9.63. The van der Waals surface area contributed by atoms with Crippen molar-refractivity contribution in [3.05, 3.63) is 53.5 Å². The number of rotatable bonds is 11. The van der Waals surface area contributed by atoms with Crippen LogP contribution >= 0.6 is 0 Å². The zero-order valence-corrected chi connectivity index (χ0v) is 17.3. The Hall–Kier alpha value is -4.15. The summed E-state index contributed by atoms with van der Waals surface area (Å²) in [5, 5.41) is 18.9. The summed E-state index contributed by atoms with van der Waals surface area (Å²) in [6, 6.07) is 7.72. The molecule has 0 unspecified atom stereocenters. The standard InChI is InChI=1S/C21H24N4O7/c1-11(19(27)25-15(20(28)29)7-9-17(22)26)10-14-6-8-16(31-14)21(30)32-13-4-2-12(3-5-13)18(23)24/h2-6,8,11,15H,7,9-10H2,1H3,(H2,22,26)(H3,23,24)(H,25,27)(H,28,29)/t11-,15-/m0/s1. The SMILES string of the molecule is C[C@@H](Cc1ccc(C(=O)Oc2ccc(C(=N)N)cc2)o1)C(=O)N[C@@H](CCC(N)=O)C(=O)O. The predicted octanol–water partition coefficient (Wildman–Crippen LogP) is 0.796. The lowest BCUT2D eigenvalue weighted by Gasteiger charge is -2.16. The number of carboxylic acids is 1. The molecule has 2 atom stereocenters. The highest BCUT2D eigenvalue weighted by molar-refractivity contribution is 5.95. The van der Waals surface area contributed by atoms with Gasteiger partial charge in [0.15, 0.2) is 0 Å². The first-order chi connectivity index (χ1) is 15.1. The van der Waals surface area contributed by atoms with Crippen molar-refractivity contribution in [1.29, 1.82) is 5.41 Å². The van der Waals surface area contributed by atoms with Gasteiger partial charge in [-0.3, -0.25) is 15.0 Å². The number of carbonyl (C=O) groups is 4. The van der Waals surface area contributed by atoms with Gasteiger partial charge in [-0.1, -0.05) is 6.92 Å². The fraction of sp³-hybridized carbons (Fsp3) is 0.286. The third kappa shape index (κ3) is 6.97. The summed E-state index contributed by atoms with van der Waals surface area (Å²) in [5.41, 5.74) is 10.9. The third-order valence-electron chi connectivity index (χ3n) is 4.49. The monoisotopic (exact) mass is 444 g/mol. The number of nitrogen functional groups attached to an aromatic ring is 1. The van der Waals surface area contributed by atoms with Crippen LogP contribution in [-0.4, -0.2) is 40.7 Å². The molecule has 1 heterocycles. The highest BCUT2D eigenvalue weighted by Gasteiger charge is 2.24. The van der Waals surface area contributed by atoms with Crippen LogP contribution in [0.2, 0.25) is 0 Å². The van der Waals surface area contributed by atoms with Crippen molar-refractivity contribution in [1.82, 2.24) is 5.32 Å². The number of carbonyl (C=O) groups excluding carboxylic acids is 3. The van der Waals surface area contributed by atoms with Crippen molar-refractivity contribution in [3.63, 3.8) is 0 Å². The highest BCUT2D eigenvalue weighted by Crippen LogP contribution is 2.18. The topological polar surface area (TPSA) is 199 Å². The Morgan fingerprint density at radius 1 is 1.12 bits per heavy atom. The van der Waals surface area contributed by atoms with Crippen LogP contribution in [0.5, 0.6) is 5.75 Å². The molecular weight excluding hydrogens is 420 g/mol. The number of aliphatic carboxylic acids is 1. The summed E-state index contributed by atoms with van der Waals surface area (Å²) in [6.45, 7) is 1.57. The smallest absolute Gasteiger partial charge is 0.379 e. The summed E-state index contributed by atoms with van der Waals surface area (Å²) in [7, 11) is 0. The Morgan fingerprint density at radius 3 is 2.34 bits per heavy atom. The second-order valence-electron chi connectivity index (χ2n) is 7.10. The van der Waals surface area contributed by atoms with Gasteiger partial charge in [-0.05, 0) is 42.8 Å². The van der Waals surface area contributed by atoms with Crippen molar-refractivity contribution in [3.8, 4) is 5.75 Å². The van der Waals surface area contributed by atoms with Gasteiger partial charge in [0.05, 0.1) is 0 Å². The summed E-state index contributed by atoms with van der Waals surface area (Å²) < 4.78 is 10.6. The minimum atomic E-state index is -1.27. The molecule has 7 N–H and O–H groups in total. The number of amides is 2. The summed E-state index contributed by atoms with van der Waals surface area (Å²) >= 11 is 0. The van der Waals surface area contributed by atoms with E-state index in [9.17, 15) is 24.3 Å². The number of nitrogens with one attached hydrogen (secondary N) is 2. The van der Waals surface area contributed by atoms with Gasteiger partial charge in [-0.15, -0.1) is 0 Å². The molecule has 0 aliphatic carbocycles. The minimum absolute atomic E-state index is 0.0758. The van der Waals surface area contributed by atoms with Crippen LogP contribution in [0.25, 0.3) is 0 Å². The summed E-state index contributed by atoms with van der Waals surface area (Å²) in [5.74, 6) is -3.52. The Labute approximate surface area is 183 Å². The van der Waals surface area contributed by atoms with Gasteiger partial charge in [0.1, 0.15) is 23.4 Å². The molecule has 0 radical (unpaired) electrons. The number of carboxylic acid groups (broad SMARTS) is 1. The van der Waals surface area contributed by atoms with Crippen LogP contribution in [0.15, 0.2) is 40.8 Å². The molecule has 0 bridgehead atoms. The first kappa shape index (κ1) is 24.1. The van der Waals surface area contributed by atoms with Crippen molar-refractivity contribution in [2.24, 2.45) is 17.4 Å². The number of esters is 1. The van der Waals surface area contributed by atoms with Crippen LogP contribution in [-0.2, 0) is 20.8 Å². The maximum absolute atomic E-state index is 12.3. The van der Waals surface area contributed by atoms with Crippen LogP contribution in [0.3, 0.4) is 0 Å². The zero-order valence-electron chi connectivity index (χ0n) is 17.3. The lowest BCUT2D eigenvalue weighted by molar-refractivity contribution is -0.142. The summed E-state index contributed by atoms with van der Waals surface area (Å²) in [4.78, 5) is 46.7. The number of furan rings is 1. The van der Waals surface area contributed by atoms with Gasteiger partial charge in [0.25, 0.3) is 0 Å². The molecule has 0 fully saturated rings. The Kier molecular flexibility index (Phi) is 8.11. The van der Waals surface area contributed by atoms with E-state index in [1.54, 1.807) is 6.92 Å². The van der Waals surface area contributed by atoms with Crippen molar-refractivity contribution in [2.75, 3.05) is 0 Å². The zero-order chi connectivity index (χ0) is 23.8. The lowest BCUT2D eigenvalue weighted by atomic mass is 10.0. The van der Waals surface area contributed by atoms with E-state index in [0.717, 1.165) is 0 Å². The molecular formula is C21H24N4O7. The van der Waals surface area contributed by atoms with E-state index in [1.807, 2.05) is 0 Å². The average Bonchev–Trinajstić information content (AvgIpc) is 3.19. The molecule has 170 valence electrons. The average molecular weight is 444 g/mol. The molecule has 11 nitrogen and oxygen atoms in total. The maximum Gasteiger partial charge on any atom is 0.379 e. The molecule has 11 heteroatoms. The van der Waals surface area contributed by atoms with Gasteiger partial charge in [-0.2, -0.15) is 0 Å². The molecule has 0 saturated carbocycles. The van der Waals surface area contributed by atoms with E-state index in [-0.39, 0.29) is 36.6 Å². The second-order valence-corrected chi connectivity index (χ2v) is 7.10. The number of primary amides is 1.